The van der Waals surface area contributed by atoms with Crippen LogP contribution in [0.3, 0.4) is 0 Å². The maximum Gasteiger partial charge on any atom is 0.266 e. The van der Waals surface area contributed by atoms with Crippen LogP contribution in [0, 0.1) is 0 Å². The fourth-order valence-corrected chi connectivity index (χ4v) is 3.75. The molecule has 2 aromatic carbocycles. The molecule has 1 N–H and O–H groups in total. The maximum absolute atomic E-state index is 13.2. The molecule has 154 valence electrons. The Morgan fingerprint density at radius 2 is 1.94 bits per heavy atom. The highest BCUT2D eigenvalue weighted by Gasteiger charge is 2.14. The van der Waals surface area contributed by atoms with Crippen molar-refractivity contribution < 1.29 is 4.79 Å². The lowest BCUT2D eigenvalue weighted by Gasteiger charge is -2.13. The van der Waals surface area contributed by atoms with Crippen LogP contribution in [-0.2, 0) is 4.79 Å². The van der Waals surface area contributed by atoms with Crippen molar-refractivity contribution in [2.75, 3.05) is 5.75 Å². The van der Waals surface area contributed by atoms with Crippen LogP contribution in [0.4, 0.5) is 0 Å². The molecule has 0 unspecified atom stereocenters. The van der Waals surface area contributed by atoms with E-state index in [2.05, 4.69) is 20.5 Å². The summed E-state index contributed by atoms with van der Waals surface area (Å²) >= 11 is 7.14. The lowest BCUT2D eigenvalue weighted by Crippen LogP contribution is -2.24. The van der Waals surface area contributed by atoms with Crippen molar-refractivity contribution in [1.82, 2.24) is 20.0 Å². The van der Waals surface area contributed by atoms with Gasteiger partial charge in [0, 0.05) is 23.0 Å². The van der Waals surface area contributed by atoms with Crippen molar-refractivity contribution in [1.29, 1.82) is 0 Å². The molecule has 0 spiro atoms. The number of fused-ring (bicyclic) bond motifs is 1. The third-order valence-electron chi connectivity index (χ3n) is 4.25. The van der Waals surface area contributed by atoms with Crippen molar-refractivity contribution in [2.24, 2.45) is 5.10 Å². The van der Waals surface area contributed by atoms with E-state index in [1.807, 2.05) is 12.1 Å². The molecule has 4 rings (SSSR count). The molecule has 2 aromatic heterocycles. The predicted octanol–water partition coefficient (Wildman–Crippen LogP) is 3.68. The minimum Gasteiger partial charge on any atom is -0.272 e. The van der Waals surface area contributed by atoms with Gasteiger partial charge in [-0.2, -0.15) is 5.10 Å². The van der Waals surface area contributed by atoms with Crippen LogP contribution in [0.25, 0.3) is 16.6 Å². The van der Waals surface area contributed by atoms with Gasteiger partial charge in [0.25, 0.3) is 11.5 Å². The lowest BCUT2D eigenvalue weighted by atomic mass is 10.2. The van der Waals surface area contributed by atoms with Crippen LogP contribution in [0.1, 0.15) is 5.56 Å². The van der Waals surface area contributed by atoms with E-state index in [1.54, 1.807) is 60.9 Å². The van der Waals surface area contributed by atoms with Crippen molar-refractivity contribution in [3.63, 3.8) is 0 Å². The normalized spacial score (nSPS) is 11.1. The van der Waals surface area contributed by atoms with E-state index in [1.165, 1.54) is 10.8 Å². The van der Waals surface area contributed by atoms with Gasteiger partial charge in [0.1, 0.15) is 0 Å². The van der Waals surface area contributed by atoms with Crippen LogP contribution < -0.4 is 11.0 Å². The number of nitrogens with zero attached hydrogens (tertiary/aromatic N) is 4. The zero-order valence-electron chi connectivity index (χ0n) is 16.1. The molecule has 2 heterocycles. The summed E-state index contributed by atoms with van der Waals surface area (Å²) in [5.74, 6) is -0.293. The van der Waals surface area contributed by atoms with Crippen LogP contribution in [0.5, 0.6) is 0 Å². The zero-order chi connectivity index (χ0) is 21.6. The highest BCUT2D eigenvalue weighted by atomic mass is 35.5. The first kappa shape index (κ1) is 20.8. The van der Waals surface area contributed by atoms with Gasteiger partial charge in [0.15, 0.2) is 5.16 Å². The minimum absolute atomic E-state index is 0.0305. The average Bonchev–Trinajstić information content (AvgIpc) is 2.79. The monoisotopic (exact) mass is 449 g/mol. The van der Waals surface area contributed by atoms with E-state index < -0.39 is 0 Å². The molecule has 31 heavy (non-hydrogen) atoms. The summed E-state index contributed by atoms with van der Waals surface area (Å²) in [4.78, 5) is 34.0. The van der Waals surface area contributed by atoms with Gasteiger partial charge in [-0.3, -0.25) is 19.1 Å². The molecule has 0 aliphatic heterocycles. The first-order valence-electron chi connectivity index (χ1n) is 9.24. The van der Waals surface area contributed by atoms with Gasteiger partial charge >= 0.3 is 0 Å². The number of hydrogen-bond donors (Lipinski definition) is 1. The van der Waals surface area contributed by atoms with Gasteiger partial charge in [-0.05, 0) is 42.5 Å². The Bertz CT molecular complexity index is 1310. The Labute approximate surface area is 186 Å². The number of hydrogen-bond acceptors (Lipinski definition) is 6. The molecule has 0 bridgehead atoms. The SMILES string of the molecule is O=C(CSc1nc2ccccc2c(=O)n1-c1ccc(Cl)cc1)N/N=C\c1cccnc1. The molecule has 0 aliphatic carbocycles. The van der Waals surface area contributed by atoms with Gasteiger partial charge in [-0.15, -0.1) is 0 Å². The highest BCUT2D eigenvalue weighted by Crippen LogP contribution is 2.22. The number of para-hydroxylation sites is 1. The second-order valence-electron chi connectivity index (χ2n) is 6.40. The number of halogens is 1. The van der Waals surface area contributed by atoms with E-state index in [0.717, 1.165) is 17.3 Å². The topological polar surface area (TPSA) is 89.2 Å². The number of thioether (sulfide) groups is 1. The number of nitrogens with one attached hydrogen (secondary N) is 1. The molecular weight excluding hydrogens is 434 g/mol. The van der Waals surface area contributed by atoms with Crippen LogP contribution in [0.15, 0.2) is 88.1 Å². The largest absolute Gasteiger partial charge is 0.272 e. The van der Waals surface area contributed by atoms with Crippen LogP contribution >= 0.6 is 23.4 Å². The number of carbonyl (C=O) groups is 1. The minimum atomic E-state index is -0.324. The molecule has 0 saturated heterocycles. The number of pyridine rings is 1. The molecule has 0 fully saturated rings. The smallest absolute Gasteiger partial charge is 0.266 e. The Morgan fingerprint density at radius 1 is 1.13 bits per heavy atom. The number of benzene rings is 2. The molecule has 9 heteroatoms. The molecule has 0 atom stereocenters. The first-order chi connectivity index (χ1) is 15.1. The standard InChI is InChI=1S/C22H16ClN5O2S/c23-16-7-9-17(10-8-16)28-21(30)18-5-1-2-6-19(18)26-22(28)31-14-20(29)27-25-13-15-4-3-11-24-12-15/h1-13H,14H2,(H,27,29)/b25-13-. The van der Waals surface area contributed by atoms with Gasteiger partial charge < -0.3 is 0 Å². The summed E-state index contributed by atoms with van der Waals surface area (Å²) in [6.45, 7) is 0. The lowest BCUT2D eigenvalue weighted by molar-refractivity contribution is -0.118. The fourth-order valence-electron chi connectivity index (χ4n) is 2.82. The molecule has 7 nitrogen and oxygen atoms in total. The Morgan fingerprint density at radius 3 is 2.71 bits per heavy atom. The molecular formula is C22H16ClN5O2S. The average molecular weight is 450 g/mol. The van der Waals surface area contributed by atoms with Crippen LogP contribution in [0.2, 0.25) is 5.02 Å². The third kappa shape index (κ3) is 4.99. The Hall–Kier alpha value is -3.49. The van der Waals surface area contributed by atoms with Crippen molar-refractivity contribution in [3.05, 3.63) is 94.0 Å². The number of hydrazone groups is 1. The highest BCUT2D eigenvalue weighted by molar-refractivity contribution is 7.99. The van der Waals surface area contributed by atoms with E-state index >= 15 is 0 Å². The summed E-state index contributed by atoms with van der Waals surface area (Å²) in [5.41, 5.74) is 4.20. The van der Waals surface area contributed by atoms with Crippen molar-refractivity contribution >= 4 is 46.4 Å². The Kier molecular flexibility index (Phi) is 6.40. The van der Waals surface area contributed by atoms with Crippen LogP contribution in [-0.4, -0.2) is 32.4 Å². The maximum atomic E-state index is 13.2. The number of amides is 1. The molecule has 0 saturated carbocycles. The van der Waals surface area contributed by atoms with Gasteiger partial charge in [-0.1, -0.05) is 41.6 Å². The van der Waals surface area contributed by atoms with Gasteiger partial charge in [0.2, 0.25) is 0 Å². The number of rotatable bonds is 6. The van der Waals surface area contributed by atoms with E-state index in [9.17, 15) is 9.59 Å². The second-order valence-corrected chi connectivity index (χ2v) is 7.78. The summed E-state index contributed by atoms with van der Waals surface area (Å²) in [7, 11) is 0. The van der Waals surface area contributed by atoms with Gasteiger partial charge in [-0.25, -0.2) is 10.4 Å². The molecule has 0 radical (unpaired) electrons. The summed E-state index contributed by atoms with van der Waals surface area (Å²) in [6.07, 6.45) is 4.80. The molecule has 1 amide bonds. The second kappa shape index (κ2) is 9.55. The first-order valence-corrected chi connectivity index (χ1v) is 10.6. The number of aromatic nitrogens is 3. The zero-order valence-corrected chi connectivity index (χ0v) is 17.7. The van der Waals surface area contributed by atoms with Crippen molar-refractivity contribution in [3.8, 4) is 5.69 Å². The summed E-state index contributed by atoms with van der Waals surface area (Å²) < 4.78 is 1.48. The molecule has 4 aromatic rings. The summed E-state index contributed by atoms with van der Waals surface area (Å²) in [5, 5.41) is 5.38. The predicted molar refractivity (Wildman–Crippen MR) is 123 cm³/mol. The van der Waals surface area contributed by atoms with E-state index in [0.29, 0.717) is 26.8 Å². The number of carbonyl (C=O) groups excluding carboxylic acids is 1. The quantitative estimate of drug-likeness (QED) is 0.210. The van der Waals surface area contributed by atoms with Crippen molar-refractivity contribution in [2.45, 2.75) is 5.16 Å². The van der Waals surface area contributed by atoms with Gasteiger partial charge in [0.05, 0.1) is 28.6 Å². The fraction of sp³-hybridized carbons (Fsp3) is 0.0455. The van der Waals surface area contributed by atoms with E-state index in [4.69, 9.17) is 11.6 Å². The van der Waals surface area contributed by atoms with E-state index in [-0.39, 0.29) is 17.2 Å². The third-order valence-corrected chi connectivity index (χ3v) is 5.44. The molecule has 0 aliphatic rings. The summed E-state index contributed by atoms with van der Waals surface area (Å²) in [6, 6.07) is 17.6. The Balaban J connectivity index is 1.58.